The highest BCUT2D eigenvalue weighted by Gasteiger charge is 2.29. The molecule has 17 heavy (non-hydrogen) atoms. The Balaban J connectivity index is 2.27. The molecule has 1 aliphatic rings. The van der Waals surface area contributed by atoms with Crippen molar-refractivity contribution in [1.29, 1.82) is 0 Å². The summed E-state index contributed by atoms with van der Waals surface area (Å²) < 4.78 is 4.99. The summed E-state index contributed by atoms with van der Waals surface area (Å²) in [6, 6.07) is 1.74. The zero-order chi connectivity index (χ0) is 12.4. The molecule has 0 aromatic carbocycles. The normalized spacial score (nSPS) is 18.6. The summed E-state index contributed by atoms with van der Waals surface area (Å²) >= 11 is 0. The number of ether oxygens (including phenoxy) is 1. The van der Waals surface area contributed by atoms with Crippen LogP contribution in [-0.2, 0) is 11.2 Å². The summed E-state index contributed by atoms with van der Waals surface area (Å²) in [5.41, 5.74) is 1.42. The number of carboxylic acids is 1. The molecule has 1 heterocycles. The van der Waals surface area contributed by atoms with E-state index in [1.165, 1.54) is 13.3 Å². The van der Waals surface area contributed by atoms with Crippen LogP contribution in [0, 0.1) is 5.92 Å². The molecule has 1 atom stereocenters. The van der Waals surface area contributed by atoms with Gasteiger partial charge in [0, 0.05) is 23.7 Å². The van der Waals surface area contributed by atoms with Gasteiger partial charge in [0.15, 0.2) is 5.78 Å². The van der Waals surface area contributed by atoms with Gasteiger partial charge < -0.3 is 9.84 Å². The maximum atomic E-state index is 12.0. The molecule has 1 aliphatic carbocycles. The lowest BCUT2D eigenvalue weighted by atomic mass is 9.82. The van der Waals surface area contributed by atoms with Crippen molar-refractivity contribution in [2.45, 2.75) is 19.3 Å². The predicted molar refractivity (Wildman–Crippen MR) is 59.2 cm³/mol. The average Bonchev–Trinajstić information content (AvgIpc) is 2.32. The van der Waals surface area contributed by atoms with Crippen LogP contribution in [0.1, 0.15) is 28.8 Å². The number of carbonyl (C=O) groups excluding carboxylic acids is 1. The van der Waals surface area contributed by atoms with Crippen molar-refractivity contribution >= 4 is 11.8 Å². The van der Waals surface area contributed by atoms with E-state index in [2.05, 4.69) is 4.98 Å². The van der Waals surface area contributed by atoms with Crippen molar-refractivity contribution in [3.63, 3.8) is 0 Å². The van der Waals surface area contributed by atoms with Crippen LogP contribution in [-0.4, -0.2) is 29.0 Å². The lowest BCUT2D eigenvalue weighted by Gasteiger charge is -2.21. The fourth-order valence-corrected chi connectivity index (χ4v) is 2.10. The molecular weight excluding hydrogens is 222 g/mol. The second-order valence-corrected chi connectivity index (χ2v) is 4.08. The smallest absolute Gasteiger partial charge is 0.304 e. The molecule has 0 saturated heterocycles. The minimum atomic E-state index is -0.937. The van der Waals surface area contributed by atoms with E-state index in [9.17, 15) is 9.59 Å². The van der Waals surface area contributed by atoms with E-state index < -0.39 is 11.9 Å². The lowest BCUT2D eigenvalue weighted by Crippen LogP contribution is -2.25. The number of nitrogens with zero attached hydrogens (tertiary/aromatic N) is 1. The molecule has 90 valence electrons. The second-order valence-electron chi connectivity index (χ2n) is 4.08. The van der Waals surface area contributed by atoms with Crippen LogP contribution in [0.5, 0.6) is 5.88 Å². The Morgan fingerprint density at radius 1 is 1.65 bits per heavy atom. The van der Waals surface area contributed by atoms with Crippen LogP contribution in [0.2, 0.25) is 0 Å². The molecular formula is C12H13NO4. The SMILES string of the molecule is COc1cc2c(cn1)C(=O)C(CC(=O)O)CC2. The van der Waals surface area contributed by atoms with Gasteiger partial charge in [0.2, 0.25) is 5.88 Å². The van der Waals surface area contributed by atoms with Crippen LogP contribution in [0.25, 0.3) is 0 Å². The van der Waals surface area contributed by atoms with Gasteiger partial charge in [-0.3, -0.25) is 9.59 Å². The van der Waals surface area contributed by atoms with Gasteiger partial charge in [-0.2, -0.15) is 0 Å². The Labute approximate surface area is 98.4 Å². The number of fused-ring (bicyclic) bond motifs is 1. The van der Waals surface area contributed by atoms with Crippen LogP contribution in [0.4, 0.5) is 0 Å². The summed E-state index contributed by atoms with van der Waals surface area (Å²) in [6.07, 6.45) is 2.64. The second kappa shape index (κ2) is 4.53. The first-order valence-electron chi connectivity index (χ1n) is 5.40. The molecule has 0 amide bonds. The third kappa shape index (κ3) is 2.27. The topological polar surface area (TPSA) is 76.5 Å². The molecule has 5 nitrogen and oxygen atoms in total. The van der Waals surface area contributed by atoms with Gasteiger partial charge in [-0.25, -0.2) is 4.98 Å². The Morgan fingerprint density at radius 2 is 2.41 bits per heavy atom. The van der Waals surface area contributed by atoms with E-state index in [4.69, 9.17) is 9.84 Å². The van der Waals surface area contributed by atoms with Gasteiger partial charge in [0.1, 0.15) is 0 Å². The number of hydrogen-bond donors (Lipinski definition) is 1. The molecule has 2 rings (SSSR count). The molecule has 0 bridgehead atoms. The number of Topliss-reactive ketones (excluding diaryl/α,β-unsaturated/α-hetero) is 1. The molecule has 1 unspecified atom stereocenters. The molecule has 0 radical (unpaired) electrons. The highest BCUT2D eigenvalue weighted by atomic mass is 16.5. The summed E-state index contributed by atoms with van der Waals surface area (Å²) in [5, 5.41) is 8.73. The largest absolute Gasteiger partial charge is 0.481 e. The Bertz CT molecular complexity index is 470. The van der Waals surface area contributed by atoms with Crippen LogP contribution in [0.15, 0.2) is 12.3 Å². The molecule has 0 saturated carbocycles. The number of aliphatic carboxylic acids is 1. The number of pyridine rings is 1. The fourth-order valence-electron chi connectivity index (χ4n) is 2.10. The van der Waals surface area contributed by atoms with E-state index in [0.717, 1.165) is 5.56 Å². The van der Waals surface area contributed by atoms with Crippen LogP contribution in [0.3, 0.4) is 0 Å². The highest BCUT2D eigenvalue weighted by Crippen LogP contribution is 2.28. The van der Waals surface area contributed by atoms with E-state index in [0.29, 0.717) is 24.3 Å². The summed E-state index contributed by atoms with van der Waals surface area (Å²) in [5.74, 6) is -1.000. The van der Waals surface area contributed by atoms with Gasteiger partial charge in [0.25, 0.3) is 0 Å². The number of aryl methyl sites for hydroxylation is 1. The molecule has 0 spiro atoms. The van der Waals surface area contributed by atoms with Crippen molar-refractivity contribution in [2.24, 2.45) is 5.92 Å². The maximum Gasteiger partial charge on any atom is 0.304 e. The van der Waals surface area contributed by atoms with E-state index in [1.807, 2.05) is 0 Å². The quantitative estimate of drug-likeness (QED) is 0.854. The summed E-state index contributed by atoms with van der Waals surface area (Å²) in [7, 11) is 1.52. The molecule has 1 N–H and O–H groups in total. The number of carbonyl (C=O) groups is 2. The first kappa shape index (κ1) is 11.6. The van der Waals surface area contributed by atoms with Crippen molar-refractivity contribution in [1.82, 2.24) is 4.98 Å². The van der Waals surface area contributed by atoms with Gasteiger partial charge in [-0.05, 0) is 18.4 Å². The lowest BCUT2D eigenvalue weighted by molar-refractivity contribution is -0.137. The predicted octanol–water partition coefficient (Wildman–Crippen LogP) is 1.31. The number of aromatic nitrogens is 1. The number of ketones is 1. The first-order chi connectivity index (χ1) is 8.11. The minimum absolute atomic E-state index is 0.107. The van der Waals surface area contributed by atoms with Gasteiger partial charge >= 0.3 is 5.97 Å². The summed E-state index contributed by atoms with van der Waals surface area (Å²) in [6.45, 7) is 0. The maximum absolute atomic E-state index is 12.0. The fraction of sp³-hybridized carbons (Fsp3) is 0.417. The Kier molecular flexibility index (Phi) is 3.08. The molecule has 1 aromatic heterocycles. The molecule has 5 heteroatoms. The van der Waals surface area contributed by atoms with Crippen molar-refractivity contribution < 1.29 is 19.4 Å². The van der Waals surface area contributed by atoms with Gasteiger partial charge in [-0.1, -0.05) is 0 Å². The first-order valence-corrected chi connectivity index (χ1v) is 5.40. The average molecular weight is 235 g/mol. The van der Waals surface area contributed by atoms with E-state index in [1.54, 1.807) is 6.07 Å². The third-order valence-corrected chi connectivity index (χ3v) is 2.99. The van der Waals surface area contributed by atoms with Gasteiger partial charge in [0.05, 0.1) is 13.5 Å². The minimum Gasteiger partial charge on any atom is -0.481 e. The van der Waals surface area contributed by atoms with Crippen molar-refractivity contribution in [2.75, 3.05) is 7.11 Å². The Hall–Kier alpha value is -1.91. The number of hydrogen-bond acceptors (Lipinski definition) is 4. The third-order valence-electron chi connectivity index (χ3n) is 2.99. The van der Waals surface area contributed by atoms with E-state index >= 15 is 0 Å². The molecule has 1 aromatic rings. The number of carboxylic acid groups (broad SMARTS) is 1. The van der Waals surface area contributed by atoms with Gasteiger partial charge in [-0.15, -0.1) is 0 Å². The molecule has 0 fully saturated rings. The van der Waals surface area contributed by atoms with Crippen LogP contribution >= 0.6 is 0 Å². The van der Waals surface area contributed by atoms with Crippen molar-refractivity contribution in [3.8, 4) is 5.88 Å². The highest BCUT2D eigenvalue weighted by molar-refractivity contribution is 6.01. The number of methoxy groups -OCH3 is 1. The standard InChI is InChI=1S/C12H13NO4/c1-17-10-4-7-2-3-8(5-11(14)15)12(16)9(7)6-13-10/h4,6,8H,2-3,5H2,1H3,(H,14,15). The summed E-state index contributed by atoms with van der Waals surface area (Å²) in [4.78, 5) is 26.6. The monoisotopic (exact) mass is 235 g/mol. The Morgan fingerprint density at radius 3 is 3.06 bits per heavy atom. The van der Waals surface area contributed by atoms with E-state index in [-0.39, 0.29) is 12.2 Å². The number of rotatable bonds is 3. The molecule has 0 aliphatic heterocycles. The zero-order valence-electron chi connectivity index (χ0n) is 9.47. The van der Waals surface area contributed by atoms with Crippen molar-refractivity contribution in [3.05, 3.63) is 23.4 Å². The van der Waals surface area contributed by atoms with Crippen LogP contribution < -0.4 is 4.74 Å². The zero-order valence-corrected chi connectivity index (χ0v) is 9.47.